The minimum absolute atomic E-state index is 0.0137. The first-order valence-electron chi connectivity index (χ1n) is 6.23. The monoisotopic (exact) mass is 301 g/mol. The van der Waals surface area contributed by atoms with Crippen LogP contribution in [0.3, 0.4) is 0 Å². The first-order chi connectivity index (χ1) is 9.43. The van der Waals surface area contributed by atoms with Gasteiger partial charge in [0.05, 0.1) is 5.75 Å². The highest BCUT2D eigenvalue weighted by Gasteiger charge is 2.10. The molecule has 0 saturated carbocycles. The molecule has 0 saturated heterocycles. The highest BCUT2D eigenvalue weighted by molar-refractivity contribution is 7.92. The van der Waals surface area contributed by atoms with E-state index in [1.165, 1.54) is 7.11 Å². The Morgan fingerprint density at radius 2 is 2.15 bits per heavy atom. The minimum Gasteiger partial charge on any atom is -0.481 e. The molecule has 0 heterocycles. The van der Waals surface area contributed by atoms with Gasteiger partial charge in [-0.3, -0.25) is 9.52 Å². The van der Waals surface area contributed by atoms with Gasteiger partial charge < -0.3 is 9.84 Å². The molecule has 0 aliphatic rings. The maximum absolute atomic E-state index is 11.8. The lowest BCUT2D eigenvalue weighted by Gasteiger charge is -2.09. The quantitative estimate of drug-likeness (QED) is 0.674. The van der Waals surface area contributed by atoms with Crippen LogP contribution >= 0.6 is 0 Å². The van der Waals surface area contributed by atoms with Crippen molar-refractivity contribution in [3.63, 3.8) is 0 Å². The Hall–Kier alpha value is -1.60. The fraction of sp³-hybridized carbons (Fsp3) is 0.462. The largest absolute Gasteiger partial charge is 0.481 e. The summed E-state index contributed by atoms with van der Waals surface area (Å²) in [6.07, 6.45) is 0.809. The molecule has 0 aliphatic heterocycles. The van der Waals surface area contributed by atoms with Crippen LogP contribution in [0.25, 0.3) is 0 Å². The third-order valence-electron chi connectivity index (χ3n) is 2.59. The standard InChI is InChI=1S/C13H19NO5S/c1-19-8-3-9-20(17,18)14-12-5-2-4-11(10-12)6-7-13(15)16/h2,4-5,10,14H,3,6-9H2,1H3,(H,15,16). The summed E-state index contributed by atoms with van der Waals surface area (Å²) < 4.78 is 30.9. The van der Waals surface area contributed by atoms with Gasteiger partial charge in [-0.25, -0.2) is 8.42 Å². The lowest BCUT2D eigenvalue weighted by atomic mass is 10.1. The third-order valence-corrected chi connectivity index (χ3v) is 3.96. The molecule has 0 fully saturated rings. The van der Waals surface area contributed by atoms with E-state index in [1.807, 2.05) is 0 Å². The second-order valence-corrected chi connectivity index (χ2v) is 6.20. The first kappa shape index (κ1) is 16.5. The molecule has 1 rings (SSSR count). The number of methoxy groups -OCH3 is 1. The molecule has 0 aromatic heterocycles. The smallest absolute Gasteiger partial charge is 0.303 e. The molecular formula is C13H19NO5S. The molecule has 0 bridgehead atoms. The third kappa shape index (κ3) is 6.53. The minimum atomic E-state index is -3.40. The fourth-order valence-electron chi connectivity index (χ4n) is 1.67. The van der Waals surface area contributed by atoms with E-state index in [0.717, 1.165) is 5.56 Å². The van der Waals surface area contributed by atoms with E-state index in [4.69, 9.17) is 9.84 Å². The summed E-state index contributed by atoms with van der Waals surface area (Å²) in [5.41, 5.74) is 1.23. The molecule has 0 atom stereocenters. The number of aryl methyl sites for hydroxylation is 1. The van der Waals surface area contributed by atoms with Gasteiger partial charge in [-0.05, 0) is 30.5 Å². The molecule has 2 N–H and O–H groups in total. The highest BCUT2D eigenvalue weighted by Crippen LogP contribution is 2.14. The summed E-state index contributed by atoms with van der Waals surface area (Å²) in [5, 5.41) is 8.63. The van der Waals surface area contributed by atoms with E-state index in [9.17, 15) is 13.2 Å². The van der Waals surface area contributed by atoms with Crippen LogP contribution in [0.1, 0.15) is 18.4 Å². The van der Waals surface area contributed by atoms with E-state index >= 15 is 0 Å². The number of rotatable bonds is 9. The topological polar surface area (TPSA) is 92.7 Å². The Morgan fingerprint density at radius 1 is 1.40 bits per heavy atom. The molecular weight excluding hydrogens is 282 g/mol. The molecule has 20 heavy (non-hydrogen) atoms. The number of carbonyl (C=O) groups is 1. The summed E-state index contributed by atoms with van der Waals surface area (Å²) in [4.78, 5) is 10.5. The summed E-state index contributed by atoms with van der Waals surface area (Å²) in [7, 11) is -1.88. The second-order valence-electron chi connectivity index (χ2n) is 4.36. The number of hydrogen-bond donors (Lipinski definition) is 2. The maximum atomic E-state index is 11.8. The predicted molar refractivity (Wildman–Crippen MR) is 76.3 cm³/mol. The van der Waals surface area contributed by atoms with E-state index in [0.29, 0.717) is 25.1 Å². The van der Waals surface area contributed by atoms with E-state index in [2.05, 4.69) is 4.72 Å². The van der Waals surface area contributed by atoms with Crippen molar-refractivity contribution in [3.8, 4) is 0 Å². The predicted octanol–water partition coefficient (Wildman–Crippen LogP) is 1.48. The zero-order valence-electron chi connectivity index (χ0n) is 11.3. The number of carboxylic acid groups (broad SMARTS) is 1. The van der Waals surface area contributed by atoms with Crippen molar-refractivity contribution in [2.75, 3.05) is 24.2 Å². The number of benzene rings is 1. The van der Waals surface area contributed by atoms with Gasteiger partial charge in [0, 0.05) is 25.8 Å². The second kappa shape index (κ2) is 7.86. The molecule has 0 radical (unpaired) electrons. The van der Waals surface area contributed by atoms with Crippen molar-refractivity contribution < 1.29 is 23.1 Å². The van der Waals surface area contributed by atoms with Crippen LogP contribution in [0.2, 0.25) is 0 Å². The molecule has 0 unspecified atom stereocenters. The Labute approximate surface area is 118 Å². The molecule has 0 spiro atoms. The number of sulfonamides is 1. The van der Waals surface area contributed by atoms with Crippen LogP contribution in [0.5, 0.6) is 0 Å². The lowest BCUT2D eigenvalue weighted by Crippen LogP contribution is -2.17. The van der Waals surface area contributed by atoms with Crippen LogP contribution in [-0.4, -0.2) is 39.0 Å². The SMILES string of the molecule is COCCCS(=O)(=O)Nc1cccc(CCC(=O)O)c1. The fourth-order valence-corrected chi connectivity index (χ4v) is 2.75. The van der Waals surface area contributed by atoms with Crippen LogP contribution < -0.4 is 4.72 Å². The summed E-state index contributed by atoms with van der Waals surface area (Å²) in [6.45, 7) is 0.388. The summed E-state index contributed by atoms with van der Waals surface area (Å²) in [6, 6.07) is 6.75. The van der Waals surface area contributed by atoms with Gasteiger partial charge >= 0.3 is 5.97 Å². The van der Waals surface area contributed by atoms with Crippen LogP contribution in [0, 0.1) is 0 Å². The van der Waals surface area contributed by atoms with Gasteiger partial charge in [-0.2, -0.15) is 0 Å². The Morgan fingerprint density at radius 3 is 2.80 bits per heavy atom. The zero-order chi connectivity index (χ0) is 15.0. The normalized spacial score (nSPS) is 11.2. The average molecular weight is 301 g/mol. The summed E-state index contributed by atoms with van der Waals surface area (Å²) in [5.74, 6) is -0.893. The van der Waals surface area contributed by atoms with Crippen molar-refractivity contribution in [1.82, 2.24) is 0 Å². The Bertz CT molecular complexity index is 541. The number of carboxylic acids is 1. The van der Waals surface area contributed by atoms with Crippen LogP contribution in [0.15, 0.2) is 24.3 Å². The van der Waals surface area contributed by atoms with E-state index in [1.54, 1.807) is 24.3 Å². The molecule has 7 heteroatoms. The lowest BCUT2D eigenvalue weighted by molar-refractivity contribution is -0.136. The van der Waals surface area contributed by atoms with Crippen molar-refractivity contribution >= 4 is 21.7 Å². The molecule has 112 valence electrons. The van der Waals surface area contributed by atoms with Gasteiger partial charge in [-0.15, -0.1) is 0 Å². The van der Waals surface area contributed by atoms with Crippen LogP contribution in [-0.2, 0) is 26.0 Å². The van der Waals surface area contributed by atoms with Crippen molar-refractivity contribution in [3.05, 3.63) is 29.8 Å². The molecule has 1 aromatic carbocycles. The molecule has 0 aliphatic carbocycles. The van der Waals surface area contributed by atoms with Crippen molar-refractivity contribution in [1.29, 1.82) is 0 Å². The molecule has 6 nitrogen and oxygen atoms in total. The number of anilines is 1. The van der Waals surface area contributed by atoms with Crippen molar-refractivity contribution in [2.24, 2.45) is 0 Å². The number of ether oxygens (including phenoxy) is 1. The molecule has 0 amide bonds. The van der Waals surface area contributed by atoms with Gasteiger partial charge in [0.1, 0.15) is 0 Å². The number of aliphatic carboxylic acids is 1. The maximum Gasteiger partial charge on any atom is 0.303 e. The summed E-state index contributed by atoms with van der Waals surface area (Å²) >= 11 is 0. The highest BCUT2D eigenvalue weighted by atomic mass is 32.2. The Kier molecular flexibility index (Phi) is 6.47. The first-order valence-corrected chi connectivity index (χ1v) is 7.88. The zero-order valence-corrected chi connectivity index (χ0v) is 12.1. The van der Waals surface area contributed by atoms with Gasteiger partial charge in [0.15, 0.2) is 0 Å². The van der Waals surface area contributed by atoms with E-state index < -0.39 is 16.0 Å². The van der Waals surface area contributed by atoms with Gasteiger partial charge in [-0.1, -0.05) is 12.1 Å². The number of hydrogen-bond acceptors (Lipinski definition) is 4. The van der Waals surface area contributed by atoms with E-state index in [-0.39, 0.29) is 12.2 Å². The van der Waals surface area contributed by atoms with Crippen molar-refractivity contribution in [2.45, 2.75) is 19.3 Å². The van der Waals surface area contributed by atoms with Crippen LogP contribution in [0.4, 0.5) is 5.69 Å². The Balaban J connectivity index is 2.63. The molecule has 1 aromatic rings. The number of nitrogens with one attached hydrogen (secondary N) is 1. The van der Waals surface area contributed by atoms with Gasteiger partial charge in [0.25, 0.3) is 0 Å². The van der Waals surface area contributed by atoms with Gasteiger partial charge in [0.2, 0.25) is 10.0 Å². The average Bonchev–Trinajstić information content (AvgIpc) is 2.36.